The van der Waals surface area contributed by atoms with E-state index in [1.54, 1.807) is 19.1 Å². The topological polar surface area (TPSA) is 106 Å². The fourth-order valence-electron chi connectivity index (χ4n) is 2.93. The first-order chi connectivity index (χ1) is 15.2. The summed E-state index contributed by atoms with van der Waals surface area (Å²) >= 11 is 7.30. The van der Waals surface area contributed by atoms with Crippen molar-refractivity contribution in [3.63, 3.8) is 0 Å². The Balaban J connectivity index is 1.79. The summed E-state index contributed by atoms with van der Waals surface area (Å²) in [7, 11) is 3.91. The predicted molar refractivity (Wildman–Crippen MR) is 126 cm³/mol. The summed E-state index contributed by atoms with van der Waals surface area (Å²) in [5.41, 5.74) is 1.97. The smallest absolute Gasteiger partial charge is 0.269 e. The molecule has 11 heteroatoms. The molecule has 0 radical (unpaired) electrons. The highest BCUT2D eigenvalue weighted by molar-refractivity contribution is 7.99. The van der Waals surface area contributed by atoms with E-state index in [0.717, 1.165) is 11.5 Å². The van der Waals surface area contributed by atoms with E-state index in [9.17, 15) is 14.9 Å². The SMILES string of the molecule is Cc1cc([N+](=O)[O-])ccc1NC(=O)CSc1nnc(C(C)N(C)C)n1-c1ccc(Cl)cc1. The van der Waals surface area contributed by atoms with E-state index in [0.29, 0.717) is 21.4 Å². The molecule has 1 amide bonds. The molecule has 0 saturated carbocycles. The molecule has 3 rings (SSSR count). The molecule has 1 heterocycles. The third-order valence-electron chi connectivity index (χ3n) is 4.92. The van der Waals surface area contributed by atoms with E-state index in [1.807, 2.05) is 42.6 Å². The number of nitro benzene ring substituents is 1. The van der Waals surface area contributed by atoms with Gasteiger partial charge in [-0.05, 0) is 63.8 Å². The van der Waals surface area contributed by atoms with Gasteiger partial charge in [-0.3, -0.25) is 24.4 Å². The minimum Gasteiger partial charge on any atom is -0.325 e. The van der Waals surface area contributed by atoms with Gasteiger partial charge in [0, 0.05) is 28.5 Å². The van der Waals surface area contributed by atoms with Crippen molar-refractivity contribution < 1.29 is 9.72 Å². The van der Waals surface area contributed by atoms with Gasteiger partial charge in [0.2, 0.25) is 5.91 Å². The van der Waals surface area contributed by atoms with E-state index in [2.05, 4.69) is 15.5 Å². The molecule has 9 nitrogen and oxygen atoms in total. The van der Waals surface area contributed by atoms with E-state index in [-0.39, 0.29) is 23.4 Å². The molecule has 3 aromatic rings. The normalized spacial score (nSPS) is 12.1. The van der Waals surface area contributed by atoms with Crippen LogP contribution in [0.5, 0.6) is 0 Å². The number of nitrogens with one attached hydrogen (secondary N) is 1. The molecule has 1 atom stereocenters. The monoisotopic (exact) mass is 474 g/mol. The van der Waals surface area contributed by atoms with Crippen molar-refractivity contribution in [1.29, 1.82) is 0 Å². The summed E-state index contributed by atoms with van der Waals surface area (Å²) in [5, 5.41) is 23.6. The number of carbonyl (C=O) groups is 1. The van der Waals surface area contributed by atoms with E-state index in [1.165, 1.54) is 30.0 Å². The molecule has 32 heavy (non-hydrogen) atoms. The highest BCUT2D eigenvalue weighted by Gasteiger charge is 2.21. The van der Waals surface area contributed by atoms with Crippen molar-refractivity contribution in [3.05, 3.63) is 69.0 Å². The number of hydrogen-bond donors (Lipinski definition) is 1. The first-order valence-corrected chi connectivity index (χ1v) is 11.1. The van der Waals surface area contributed by atoms with Crippen LogP contribution in [0.15, 0.2) is 47.6 Å². The number of nitrogens with zero attached hydrogens (tertiary/aromatic N) is 5. The first kappa shape index (κ1) is 23.7. The van der Waals surface area contributed by atoms with Crippen LogP contribution in [-0.2, 0) is 4.79 Å². The summed E-state index contributed by atoms with van der Waals surface area (Å²) < 4.78 is 1.91. The van der Waals surface area contributed by atoms with E-state index < -0.39 is 4.92 Å². The molecule has 0 bridgehead atoms. The summed E-state index contributed by atoms with van der Waals surface area (Å²) in [6.07, 6.45) is 0. The van der Waals surface area contributed by atoms with Crippen molar-refractivity contribution in [3.8, 4) is 5.69 Å². The molecule has 1 unspecified atom stereocenters. The van der Waals surface area contributed by atoms with Gasteiger partial charge in [0.15, 0.2) is 11.0 Å². The number of aryl methyl sites for hydroxylation is 1. The number of halogens is 1. The Bertz CT molecular complexity index is 1130. The Kier molecular flexibility index (Phi) is 7.49. The number of non-ortho nitro benzene ring substituents is 1. The van der Waals surface area contributed by atoms with Gasteiger partial charge >= 0.3 is 0 Å². The molecule has 1 N–H and O–H groups in total. The largest absolute Gasteiger partial charge is 0.325 e. The van der Waals surface area contributed by atoms with Crippen molar-refractivity contribution in [1.82, 2.24) is 19.7 Å². The standard InChI is InChI=1S/C21H23ClN6O3S/c1-13-11-17(28(30)31)9-10-18(13)23-19(29)12-32-21-25-24-20(14(2)26(3)4)27(21)16-7-5-15(22)6-8-16/h5-11,14H,12H2,1-4H3,(H,23,29). The fourth-order valence-corrected chi connectivity index (χ4v) is 3.81. The molecule has 0 spiro atoms. The third-order valence-corrected chi connectivity index (χ3v) is 6.10. The van der Waals surface area contributed by atoms with Crippen LogP contribution in [0.1, 0.15) is 24.4 Å². The maximum Gasteiger partial charge on any atom is 0.269 e. The van der Waals surface area contributed by atoms with Gasteiger partial charge in [0.05, 0.1) is 16.7 Å². The van der Waals surface area contributed by atoms with Crippen LogP contribution in [0.3, 0.4) is 0 Å². The van der Waals surface area contributed by atoms with Gasteiger partial charge in [0.1, 0.15) is 0 Å². The second-order valence-electron chi connectivity index (χ2n) is 7.39. The van der Waals surface area contributed by atoms with Gasteiger partial charge in [-0.1, -0.05) is 23.4 Å². The highest BCUT2D eigenvalue weighted by Crippen LogP contribution is 2.28. The number of carbonyl (C=O) groups excluding carboxylic acids is 1. The number of thioether (sulfide) groups is 1. The van der Waals surface area contributed by atoms with Crippen molar-refractivity contribution in [2.45, 2.75) is 25.0 Å². The van der Waals surface area contributed by atoms with Crippen LogP contribution in [-0.4, -0.2) is 50.3 Å². The summed E-state index contributed by atoms with van der Waals surface area (Å²) in [5.74, 6) is 0.588. The molecule has 0 aliphatic heterocycles. The first-order valence-electron chi connectivity index (χ1n) is 9.72. The van der Waals surface area contributed by atoms with Gasteiger partial charge in [-0.2, -0.15) is 0 Å². The van der Waals surface area contributed by atoms with Gasteiger partial charge in [-0.25, -0.2) is 0 Å². The molecule has 0 fully saturated rings. The second-order valence-corrected chi connectivity index (χ2v) is 8.76. The number of hydrogen-bond acceptors (Lipinski definition) is 7. The average Bonchev–Trinajstić information content (AvgIpc) is 3.17. The quantitative estimate of drug-likeness (QED) is 0.291. The molecule has 2 aromatic carbocycles. The van der Waals surface area contributed by atoms with Crippen LogP contribution < -0.4 is 5.32 Å². The highest BCUT2D eigenvalue weighted by atomic mass is 35.5. The van der Waals surface area contributed by atoms with Gasteiger partial charge in [0.25, 0.3) is 5.69 Å². The zero-order chi connectivity index (χ0) is 23.4. The minimum absolute atomic E-state index is 0.0101. The lowest BCUT2D eigenvalue weighted by atomic mass is 10.2. The fraction of sp³-hybridized carbons (Fsp3) is 0.286. The van der Waals surface area contributed by atoms with E-state index >= 15 is 0 Å². The number of rotatable bonds is 8. The molecule has 0 aliphatic carbocycles. The van der Waals surface area contributed by atoms with Crippen molar-refractivity contribution in [2.75, 3.05) is 25.2 Å². The predicted octanol–water partition coefficient (Wildman–Crippen LogP) is 4.49. The van der Waals surface area contributed by atoms with Crippen LogP contribution in [0.2, 0.25) is 5.02 Å². The lowest BCUT2D eigenvalue weighted by Gasteiger charge is -2.20. The third kappa shape index (κ3) is 5.45. The Morgan fingerprint density at radius 3 is 2.53 bits per heavy atom. The van der Waals surface area contributed by atoms with Crippen LogP contribution in [0.4, 0.5) is 11.4 Å². The van der Waals surface area contributed by atoms with Gasteiger partial charge in [-0.15, -0.1) is 10.2 Å². The summed E-state index contributed by atoms with van der Waals surface area (Å²) in [6.45, 7) is 3.73. The molecular weight excluding hydrogens is 452 g/mol. The zero-order valence-corrected chi connectivity index (χ0v) is 19.6. The van der Waals surface area contributed by atoms with Crippen LogP contribution in [0.25, 0.3) is 5.69 Å². The zero-order valence-electron chi connectivity index (χ0n) is 18.1. The Morgan fingerprint density at radius 2 is 1.94 bits per heavy atom. The molecular formula is C21H23ClN6O3S. The lowest BCUT2D eigenvalue weighted by Crippen LogP contribution is -2.21. The number of anilines is 1. The Hall–Kier alpha value is -2.95. The molecule has 168 valence electrons. The Morgan fingerprint density at radius 1 is 1.25 bits per heavy atom. The maximum absolute atomic E-state index is 12.5. The molecule has 0 aliphatic rings. The summed E-state index contributed by atoms with van der Waals surface area (Å²) in [4.78, 5) is 25.0. The summed E-state index contributed by atoms with van der Waals surface area (Å²) in [6, 6.07) is 11.6. The molecule has 0 saturated heterocycles. The maximum atomic E-state index is 12.5. The lowest BCUT2D eigenvalue weighted by molar-refractivity contribution is -0.384. The number of amides is 1. The Labute approximate surface area is 194 Å². The average molecular weight is 475 g/mol. The van der Waals surface area contributed by atoms with Crippen molar-refractivity contribution in [2.24, 2.45) is 0 Å². The number of aromatic nitrogens is 3. The van der Waals surface area contributed by atoms with Crippen LogP contribution in [0, 0.1) is 17.0 Å². The van der Waals surface area contributed by atoms with E-state index in [4.69, 9.17) is 11.6 Å². The minimum atomic E-state index is -0.468. The van der Waals surface area contributed by atoms with Crippen LogP contribution >= 0.6 is 23.4 Å². The second kappa shape index (κ2) is 10.1. The molecule has 1 aromatic heterocycles. The van der Waals surface area contributed by atoms with Gasteiger partial charge < -0.3 is 5.32 Å². The van der Waals surface area contributed by atoms with Crippen molar-refractivity contribution >= 4 is 40.6 Å². The number of nitro groups is 1. The number of benzene rings is 2.